The molecule has 0 amide bonds. The van der Waals surface area contributed by atoms with Crippen molar-refractivity contribution in [1.29, 1.82) is 0 Å². The van der Waals surface area contributed by atoms with E-state index in [0.717, 1.165) is 67.0 Å². The number of ether oxygens (including phenoxy) is 2. The van der Waals surface area contributed by atoms with Gasteiger partial charge in [0.25, 0.3) is 0 Å². The first-order valence-electron chi connectivity index (χ1n) is 21.3. The second-order valence-electron chi connectivity index (χ2n) is 16.0. The summed E-state index contributed by atoms with van der Waals surface area (Å²) >= 11 is 0. The van der Waals surface area contributed by atoms with Gasteiger partial charge in [0, 0.05) is 22.3 Å². The number of hydrogen-bond acceptors (Lipinski definition) is 4. The average molecular weight is 807 g/mol. The van der Waals surface area contributed by atoms with Crippen LogP contribution in [-0.4, -0.2) is 9.97 Å². The summed E-state index contributed by atoms with van der Waals surface area (Å²) in [4.78, 5) is 10.6. The van der Waals surface area contributed by atoms with E-state index in [2.05, 4.69) is 206 Å². The zero-order valence-corrected chi connectivity index (χ0v) is 34.2. The minimum absolute atomic E-state index is 0.578. The molecule has 0 saturated carbocycles. The van der Waals surface area contributed by atoms with Gasteiger partial charge in [-0.1, -0.05) is 194 Å². The lowest BCUT2D eigenvalue weighted by Crippen LogP contribution is -2.28. The maximum atomic E-state index is 7.29. The maximum absolute atomic E-state index is 7.29. The van der Waals surface area contributed by atoms with E-state index in [1.807, 2.05) is 24.3 Å². The van der Waals surface area contributed by atoms with E-state index in [1.54, 1.807) is 0 Å². The highest BCUT2D eigenvalue weighted by Crippen LogP contribution is 2.62. The largest absolute Gasteiger partial charge is 0.449 e. The molecule has 1 aliphatic heterocycles. The van der Waals surface area contributed by atoms with Gasteiger partial charge < -0.3 is 9.47 Å². The second-order valence-corrected chi connectivity index (χ2v) is 16.0. The lowest BCUT2D eigenvalue weighted by Gasteiger charge is -2.34. The van der Waals surface area contributed by atoms with E-state index in [4.69, 9.17) is 19.4 Å². The van der Waals surface area contributed by atoms with Crippen LogP contribution in [-0.2, 0) is 5.41 Å². The minimum atomic E-state index is -0.578. The normalized spacial score (nSPS) is 12.8. The van der Waals surface area contributed by atoms with Crippen molar-refractivity contribution in [2.75, 3.05) is 0 Å². The zero-order valence-electron chi connectivity index (χ0n) is 34.2. The molecule has 1 aromatic heterocycles. The summed E-state index contributed by atoms with van der Waals surface area (Å²) in [5, 5.41) is 0. The molecule has 0 spiro atoms. The van der Waals surface area contributed by atoms with Crippen molar-refractivity contribution in [2.45, 2.75) is 5.41 Å². The molecule has 0 unspecified atom stereocenters. The number of nitrogens with zero attached hydrogens (tertiary/aromatic N) is 2. The van der Waals surface area contributed by atoms with Gasteiger partial charge in [0.2, 0.25) is 0 Å². The Hall–Kier alpha value is -8.34. The van der Waals surface area contributed by atoms with Crippen LogP contribution in [0.5, 0.6) is 23.0 Å². The minimum Gasteiger partial charge on any atom is -0.449 e. The van der Waals surface area contributed by atoms with Crippen LogP contribution in [0, 0.1) is 0 Å². The van der Waals surface area contributed by atoms with Gasteiger partial charge in [0.05, 0.1) is 16.8 Å². The first kappa shape index (κ1) is 36.5. The standard InChI is InChI=1S/C59H38N2O2/c1-5-18-39(19-6-1)41-22-15-24-43(36-41)51-38-52(61-58(60-51)44-25-16-23-42(37-44)40-20-7-2-8-21-40)48-31-17-33-53-56(48)63-57-54(62-53)35-34-50-55(57)47-30-13-14-32-49(47)59(50,45-26-9-3-10-27-45)46-28-11-4-12-29-46/h1-38H. The van der Waals surface area contributed by atoms with Crippen molar-refractivity contribution in [3.63, 3.8) is 0 Å². The Morgan fingerprint density at radius 3 is 1.51 bits per heavy atom. The number of aromatic nitrogens is 2. The van der Waals surface area contributed by atoms with Gasteiger partial charge in [0.15, 0.2) is 28.8 Å². The van der Waals surface area contributed by atoms with Crippen LogP contribution in [0.15, 0.2) is 231 Å². The number of para-hydroxylation sites is 1. The summed E-state index contributed by atoms with van der Waals surface area (Å²) in [6, 6.07) is 80.6. The molecule has 296 valence electrons. The topological polar surface area (TPSA) is 44.2 Å². The molecule has 2 heterocycles. The summed E-state index contributed by atoms with van der Waals surface area (Å²) in [5.74, 6) is 3.21. The van der Waals surface area contributed by atoms with Crippen molar-refractivity contribution in [2.24, 2.45) is 0 Å². The molecular formula is C59H38N2O2. The first-order valence-corrected chi connectivity index (χ1v) is 21.3. The van der Waals surface area contributed by atoms with E-state index < -0.39 is 5.41 Å². The molecule has 0 radical (unpaired) electrons. The van der Waals surface area contributed by atoms with Gasteiger partial charge in [-0.3, -0.25) is 0 Å². The lowest BCUT2D eigenvalue weighted by molar-refractivity contribution is 0.361. The smallest absolute Gasteiger partial charge is 0.179 e. The molecule has 4 heteroatoms. The molecule has 63 heavy (non-hydrogen) atoms. The third-order valence-corrected chi connectivity index (χ3v) is 12.4. The monoisotopic (exact) mass is 806 g/mol. The third-order valence-electron chi connectivity index (χ3n) is 12.4. The Morgan fingerprint density at radius 1 is 0.317 bits per heavy atom. The van der Waals surface area contributed by atoms with E-state index in [0.29, 0.717) is 28.8 Å². The Labute approximate surface area is 366 Å². The van der Waals surface area contributed by atoms with Crippen LogP contribution < -0.4 is 9.47 Å². The molecule has 10 aromatic rings. The lowest BCUT2D eigenvalue weighted by atomic mass is 9.68. The average Bonchev–Trinajstić information content (AvgIpc) is 3.68. The van der Waals surface area contributed by atoms with E-state index in [1.165, 1.54) is 16.7 Å². The molecule has 1 aliphatic carbocycles. The van der Waals surface area contributed by atoms with Gasteiger partial charge in [0.1, 0.15) is 0 Å². The number of fused-ring (bicyclic) bond motifs is 6. The second kappa shape index (κ2) is 15.0. The molecule has 2 aliphatic rings. The molecule has 0 bridgehead atoms. The Bertz CT molecular complexity index is 3190. The summed E-state index contributed by atoms with van der Waals surface area (Å²) in [7, 11) is 0. The van der Waals surface area contributed by atoms with Crippen molar-refractivity contribution >= 4 is 0 Å². The fourth-order valence-electron chi connectivity index (χ4n) is 9.61. The Kier molecular flexibility index (Phi) is 8.68. The molecule has 0 N–H and O–H groups in total. The van der Waals surface area contributed by atoms with Crippen molar-refractivity contribution in [1.82, 2.24) is 9.97 Å². The van der Waals surface area contributed by atoms with Crippen molar-refractivity contribution < 1.29 is 9.47 Å². The predicted molar refractivity (Wildman–Crippen MR) is 253 cm³/mol. The Morgan fingerprint density at radius 2 is 0.825 bits per heavy atom. The summed E-state index contributed by atoms with van der Waals surface area (Å²) in [6.45, 7) is 0. The van der Waals surface area contributed by atoms with Crippen LogP contribution in [0.2, 0.25) is 0 Å². The number of benzene rings is 9. The summed E-state index contributed by atoms with van der Waals surface area (Å²) < 4.78 is 14.1. The highest BCUT2D eigenvalue weighted by molar-refractivity contribution is 5.92. The quantitative estimate of drug-likeness (QED) is 0.161. The van der Waals surface area contributed by atoms with Crippen molar-refractivity contribution in [3.8, 4) is 90.3 Å². The van der Waals surface area contributed by atoms with Crippen LogP contribution in [0.3, 0.4) is 0 Å². The van der Waals surface area contributed by atoms with E-state index >= 15 is 0 Å². The van der Waals surface area contributed by atoms with Gasteiger partial charge in [-0.05, 0) is 86.5 Å². The molecule has 12 rings (SSSR count). The molecule has 0 fully saturated rings. The number of hydrogen-bond donors (Lipinski definition) is 0. The van der Waals surface area contributed by atoms with E-state index in [9.17, 15) is 0 Å². The molecule has 4 nitrogen and oxygen atoms in total. The molecule has 0 saturated heterocycles. The van der Waals surface area contributed by atoms with Crippen LogP contribution in [0.1, 0.15) is 22.3 Å². The first-order chi connectivity index (χ1) is 31.2. The van der Waals surface area contributed by atoms with Crippen molar-refractivity contribution in [3.05, 3.63) is 253 Å². The van der Waals surface area contributed by atoms with Crippen LogP contribution in [0.25, 0.3) is 67.3 Å². The highest BCUT2D eigenvalue weighted by atomic mass is 16.6. The summed E-state index contributed by atoms with van der Waals surface area (Å²) in [5.41, 5.74) is 15.0. The van der Waals surface area contributed by atoms with Crippen LogP contribution >= 0.6 is 0 Å². The number of rotatable bonds is 7. The van der Waals surface area contributed by atoms with E-state index in [-0.39, 0.29) is 0 Å². The Balaban J connectivity index is 1.04. The molecule has 0 atom stereocenters. The molecular weight excluding hydrogens is 769 g/mol. The zero-order chi connectivity index (χ0) is 41.7. The van der Waals surface area contributed by atoms with Gasteiger partial charge in [-0.25, -0.2) is 9.97 Å². The van der Waals surface area contributed by atoms with Gasteiger partial charge >= 0.3 is 0 Å². The molecule has 9 aromatic carbocycles. The van der Waals surface area contributed by atoms with Gasteiger partial charge in [-0.15, -0.1) is 0 Å². The summed E-state index contributed by atoms with van der Waals surface area (Å²) in [6.07, 6.45) is 0. The fraction of sp³-hybridized carbons (Fsp3) is 0.0169. The highest BCUT2D eigenvalue weighted by Gasteiger charge is 2.48. The van der Waals surface area contributed by atoms with Gasteiger partial charge in [-0.2, -0.15) is 0 Å². The maximum Gasteiger partial charge on any atom is 0.179 e. The van der Waals surface area contributed by atoms with Crippen LogP contribution in [0.4, 0.5) is 0 Å². The predicted octanol–water partition coefficient (Wildman–Crippen LogP) is 15.1. The SMILES string of the molecule is c1ccc(-c2cccc(-c3cc(-c4cccc5c4Oc4c(ccc6c4-c4ccccc4C6(c4ccccc4)c4ccccc4)O5)nc(-c4cccc(-c5ccccc5)c4)n3)c2)cc1. The third kappa shape index (κ3) is 6.07. The fourth-order valence-corrected chi connectivity index (χ4v) is 9.61.